The Labute approximate surface area is 190 Å². The van der Waals surface area contributed by atoms with Crippen LogP contribution in [0.1, 0.15) is 35.8 Å². The number of ketones is 1. The Morgan fingerprint density at radius 2 is 1.97 bits per heavy atom. The number of rotatable bonds is 13. The van der Waals surface area contributed by atoms with Gasteiger partial charge in [0.2, 0.25) is 5.89 Å². The molecule has 3 aromatic rings. The maximum Gasteiger partial charge on any atom is 0.387 e. The molecule has 0 aliphatic rings. The van der Waals surface area contributed by atoms with E-state index in [9.17, 15) is 13.6 Å². The van der Waals surface area contributed by atoms with Gasteiger partial charge in [-0.2, -0.15) is 8.78 Å². The number of carbonyl (C=O) groups excluding carboxylic acids is 1. The fourth-order valence-corrected chi connectivity index (χ4v) is 3.11. The minimum absolute atomic E-state index is 0.0720. The zero-order chi connectivity index (χ0) is 23.6. The van der Waals surface area contributed by atoms with Gasteiger partial charge in [-0.25, -0.2) is 4.98 Å². The minimum Gasteiger partial charge on any atom is -0.493 e. The topological polar surface area (TPSA) is 70.8 Å². The highest BCUT2D eigenvalue weighted by atomic mass is 19.3. The summed E-state index contributed by atoms with van der Waals surface area (Å²) >= 11 is 0. The highest BCUT2D eigenvalue weighted by Gasteiger charge is 2.17. The maximum atomic E-state index is 12.8. The van der Waals surface area contributed by atoms with E-state index in [2.05, 4.69) is 16.3 Å². The number of nitrogens with zero attached hydrogens (tertiary/aromatic N) is 1. The van der Waals surface area contributed by atoms with E-state index in [1.54, 1.807) is 30.3 Å². The number of halogens is 2. The summed E-state index contributed by atoms with van der Waals surface area (Å²) in [5.74, 6) is 0.772. The van der Waals surface area contributed by atoms with Gasteiger partial charge in [-0.3, -0.25) is 4.79 Å². The van der Waals surface area contributed by atoms with E-state index in [0.717, 1.165) is 0 Å². The second-order valence-corrected chi connectivity index (χ2v) is 6.96. The molecule has 8 heteroatoms. The van der Waals surface area contributed by atoms with Crippen LogP contribution in [0.3, 0.4) is 0 Å². The summed E-state index contributed by atoms with van der Waals surface area (Å²) in [5.41, 5.74) is 1.53. The van der Waals surface area contributed by atoms with Crippen molar-refractivity contribution >= 4 is 5.78 Å². The molecule has 0 N–H and O–H groups in total. The van der Waals surface area contributed by atoms with Gasteiger partial charge in [-0.15, -0.1) is 6.58 Å². The Balaban J connectivity index is 1.70. The molecule has 0 spiro atoms. The Hall–Kier alpha value is -3.68. The number of benzene rings is 2. The first-order chi connectivity index (χ1) is 16.0. The number of hydrogen-bond acceptors (Lipinski definition) is 6. The zero-order valence-electron chi connectivity index (χ0n) is 18.3. The minimum atomic E-state index is -3.01. The van der Waals surface area contributed by atoms with Crippen molar-refractivity contribution in [2.24, 2.45) is 0 Å². The summed E-state index contributed by atoms with van der Waals surface area (Å²) in [7, 11) is 0. The van der Waals surface area contributed by atoms with E-state index in [1.165, 1.54) is 18.4 Å². The van der Waals surface area contributed by atoms with Gasteiger partial charge in [0.05, 0.1) is 24.5 Å². The lowest BCUT2D eigenvalue weighted by Crippen LogP contribution is -2.05. The first-order valence-electron chi connectivity index (χ1n) is 10.5. The number of aryl methyl sites for hydroxylation is 1. The van der Waals surface area contributed by atoms with Crippen LogP contribution in [-0.4, -0.2) is 30.6 Å². The summed E-state index contributed by atoms with van der Waals surface area (Å²) in [6, 6.07) is 11.6. The highest BCUT2D eigenvalue weighted by Crippen LogP contribution is 2.34. The summed E-state index contributed by atoms with van der Waals surface area (Å²) < 4.78 is 46.8. The molecule has 0 unspecified atom stereocenters. The highest BCUT2D eigenvalue weighted by molar-refractivity contribution is 5.98. The molecule has 33 heavy (non-hydrogen) atoms. The number of para-hydroxylation sites is 1. The van der Waals surface area contributed by atoms with Crippen molar-refractivity contribution in [3.8, 4) is 28.7 Å². The third kappa shape index (κ3) is 6.65. The zero-order valence-corrected chi connectivity index (χ0v) is 18.3. The molecule has 0 fully saturated rings. The van der Waals surface area contributed by atoms with Gasteiger partial charge < -0.3 is 18.6 Å². The standard InChI is InChI=1S/C25H25F2NO5/c1-3-5-14-31-22-13-10-17(15-23(22)33-25(26)27)24-28-18(16-32-24)11-12-20(29)19-8-6-7-9-21(19)30-4-2/h3,6-10,13,15-16,25H,1,4-5,11-12,14H2,2H3. The molecule has 1 aromatic heterocycles. The van der Waals surface area contributed by atoms with Crippen molar-refractivity contribution in [3.05, 3.63) is 72.6 Å². The summed E-state index contributed by atoms with van der Waals surface area (Å²) in [5, 5.41) is 0. The Bertz CT molecular complexity index is 1080. The number of alkyl halides is 2. The molecule has 0 saturated carbocycles. The van der Waals surface area contributed by atoms with Crippen LogP contribution in [0.2, 0.25) is 0 Å². The SMILES string of the molecule is C=CCCOc1ccc(-c2nc(CCC(=O)c3ccccc3OCC)co2)cc1OC(F)F. The Morgan fingerprint density at radius 1 is 1.15 bits per heavy atom. The number of hydrogen-bond donors (Lipinski definition) is 0. The maximum absolute atomic E-state index is 12.8. The fourth-order valence-electron chi connectivity index (χ4n) is 3.11. The number of oxazole rings is 1. The van der Waals surface area contributed by atoms with E-state index in [1.807, 2.05) is 13.0 Å². The first kappa shape index (κ1) is 24.0. The van der Waals surface area contributed by atoms with Gasteiger partial charge in [0.15, 0.2) is 17.3 Å². The van der Waals surface area contributed by atoms with Crippen molar-refractivity contribution in [1.29, 1.82) is 0 Å². The van der Waals surface area contributed by atoms with Gasteiger partial charge >= 0.3 is 6.61 Å². The van der Waals surface area contributed by atoms with E-state index in [0.29, 0.717) is 42.0 Å². The van der Waals surface area contributed by atoms with Gasteiger partial charge in [0.1, 0.15) is 12.0 Å². The number of aromatic nitrogens is 1. The van der Waals surface area contributed by atoms with Gasteiger partial charge in [0.25, 0.3) is 0 Å². The van der Waals surface area contributed by atoms with Crippen LogP contribution in [0.4, 0.5) is 8.78 Å². The van der Waals surface area contributed by atoms with Crippen molar-refractivity contribution in [3.63, 3.8) is 0 Å². The molecular formula is C25H25F2NO5. The lowest BCUT2D eigenvalue weighted by atomic mass is 10.0. The van der Waals surface area contributed by atoms with Crippen molar-refractivity contribution < 1.29 is 32.2 Å². The molecule has 0 bridgehead atoms. The molecule has 0 saturated heterocycles. The number of carbonyl (C=O) groups is 1. The lowest BCUT2D eigenvalue weighted by Gasteiger charge is -2.12. The molecule has 1 heterocycles. The quantitative estimate of drug-likeness (QED) is 0.175. The van der Waals surface area contributed by atoms with Crippen LogP contribution in [0, 0.1) is 0 Å². The molecule has 0 atom stereocenters. The average Bonchev–Trinajstić information content (AvgIpc) is 3.28. The Kier molecular flexibility index (Phi) is 8.57. The predicted molar refractivity (Wildman–Crippen MR) is 119 cm³/mol. The van der Waals surface area contributed by atoms with Crippen LogP contribution in [-0.2, 0) is 6.42 Å². The number of ether oxygens (including phenoxy) is 3. The van der Waals surface area contributed by atoms with Crippen LogP contribution < -0.4 is 14.2 Å². The van der Waals surface area contributed by atoms with E-state index in [4.69, 9.17) is 13.9 Å². The molecule has 3 rings (SSSR count). The summed E-state index contributed by atoms with van der Waals surface area (Å²) in [4.78, 5) is 17.0. The van der Waals surface area contributed by atoms with Gasteiger partial charge in [0, 0.05) is 18.4 Å². The van der Waals surface area contributed by atoms with E-state index >= 15 is 0 Å². The van der Waals surface area contributed by atoms with Crippen LogP contribution in [0.5, 0.6) is 17.2 Å². The monoisotopic (exact) mass is 457 g/mol. The molecule has 0 amide bonds. The van der Waals surface area contributed by atoms with Crippen LogP contribution >= 0.6 is 0 Å². The smallest absolute Gasteiger partial charge is 0.387 e. The van der Waals surface area contributed by atoms with E-state index in [-0.39, 0.29) is 36.2 Å². The summed E-state index contributed by atoms with van der Waals surface area (Å²) in [6.07, 6.45) is 4.24. The van der Waals surface area contributed by atoms with Gasteiger partial charge in [-0.05, 0) is 43.7 Å². The van der Waals surface area contributed by atoms with Crippen molar-refractivity contribution in [2.75, 3.05) is 13.2 Å². The second-order valence-electron chi connectivity index (χ2n) is 6.96. The van der Waals surface area contributed by atoms with E-state index < -0.39 is 6.61 Å². The third-order valence-corrected chi connectivity index (χ3v) is 4.63. The molecular weight excluding hydrogens is 432 g/mol. The first-order valence-corrected chi connectivity index (χ1v) is 10.5. The molecule has 0 aliphatic carbocycles. The molecule has 174 valence electrons. The largest absolute Gasteiger partial charge is 0.493 e. The average molecular weight is 457 g/mol. The molecule has 2 aromatic carbocycles. The lowest BCUT2D eigenvalue weighted by molar-refractivity contribution is -0.0514. The van der Waals surface area contributed by atoms with Crippen LogP contribution in [0.15, 0.2) is 65.8 Å². The van der Waals surface area contributed by atoms with Crippen LogP contribution in [0.25, 0.3) is 11.5 Å². The summed E-state index contributed by atoms with van der Waals surface area (Å²) in [6.45, 7) is 3.19. The van der Waals surface area contributed by atoms with Crippen molar-refractivity contribution in [1.82, 2.24) is 4.98 Å². The fraction of sp³-hybridized carbons (Fsp3) is 0.280. The normalized spacial score (nSPS) is 10.8. The van der Waals surface area contributed by atoms with Crippen molar-refractivity contribution in [2.45, 2.75) is 32.8 Å². The number of Topliss-reactive ketones (excluding diaryl/α,β-unsaturated/α-hetero) is 1. The molecule has 6 nitrogen and oxygen atoms in total. The predicted octanol–water partition coefficient (Wildman–Crippen LogP) is 6.11. The second kappa shape index (κ2) is 11.8. The molecule has 0 radical (unpaired) electrons. The molecule has 0 aliphatic heterocycles. The third-order valence-electron chi connectivity index (χ3n) is 4.63. The Morgan fingerprint density at radius 3 is 2.73 bits per heavy atom. The van der Waals surface area contributed by atoms with Gasteiger partial charge in [-0.1, -0.05) is 18.2 Å².